The zero-order chi connectivity index (χ0) is 22.1. The molecule has 0 aliphatic carbocycles. The maximum atomic E-state index is 10.4. The van der Waals surface area contributed by atoms with Gasteiger partial charge in [-0.25, -0.2) is 0 Å². The standard InChI is InChI=1S/C27H54O3/c1-2-3-4-5-6-7-8-9-10-11-12-14-17-20-23-26(28)24-21-18-15-13-16-19-22-25-27(29)30/h26,28H,2-25H2,1H3,(H,29,30). The first-order valence-corrected chi connectivity index (χ1v) is 13.6. The Morgan fingerprint density at radius 3 is 1.17 bits per heavy atom. The van der Waals surface area contributed by atoms with Crippen LogP contribution in [0.5, 0.6) is 0 Å². The van der Waals surface area contributed by atoms with Gasteiger partial charge >= 0.3 is 5.97 Å². The van der Waals surface area contributed by atoms with Crippen LogP contribution in [0.4, 0.5) is 0 Å². The average molecular weight is 427 g/mol. The van der Waals surface area contributed by atoms with Gasteiger partial charge in [0.2, 0.25) is 0 Å². The zero-order valence-electron chi connectivity index (χ0n) is 20.4. The number of carbonyl (C=O) groups is 1. The molecule has 0 aliphatic heterocycles. The Morgan fingerprint density at radius 1 is 0.533 bits per heavy atom. The maximum Gasteiger partial charge on any atom is 0.303 e. The summed E-state index contributed by atoms with van der Waals surface area (Å²) in [5.41, 5.74) is 0. The second-order valence-electron chi connectivity index (χ2n) is 9.45. The lowest BCUT2D eigenvalue weighted by Crippen LogP contribution is -2.05. The summed E-state index contributed by atoms with van der Waals surface area (Å²) in [6, 6.07) is 0. The van der Waals surface area contributed by atoms with E-state index in [2.05, 4.69) is 6.92 Å². The van der Waals surface area contributed by atoms with Crippen molar-refractivity contribution < 1.29 is 15.0 Å². The molecule has 180 valence electrons. The Kier molecular flexibility index (Phi) is 24.2. The Hall–Kier alpha value is -0.570. The molecule has 2 N–H and O–H groups in total. The largest absolute Gasteiger partial charge is 0.481 e. The fraction of sp³-hybridized carbons (Fsp3) is 0.963. The second-order valence-corrected chi connectivity index (χ2v) is 9.45. The van der Waals surface area contributed by atoms with Crippen molar-refractivity contribution in [1.29, 1.82) is 0 Å². The molecular weight excluding hydrogens is 372 g/mol. The van der Waals surface area contributed by atoms with Crippen LogP contribution in [0.1, 0.15) is 161 Å². The average Bonchev–Trinajstić information content (AvgIpc) is 2.72. The van der Waals surface area contributed by atoms with Crippen LogP contribution in [-0.2, 0) is 4.79 Å². The molecule has 0 saturated carbocycles. The number of aliphatic carboxylic acids is 1. The first-order valence-electron chi connectivity index (χ1n) is 13.6. The van der Waals surface area contributed by atoms with Crippen molar-refractivity contribution in [2.45, 2.75) is 167 Å². The fourth-order valence-corrected chi connectivity index (χ4v) is 4.26. The summed E-state index contributed by atoms with van der Waals surface area (Å²) in [6.07, 6.45) is 29.3. The number of aliphatic hydroxyl groups excluding tert-OH is 1. The number of hydrogen-bond donors (Lipinski definition) is 2. The first-order chi connectivity index (χ1) is 14.7. The molecule has 0 aliphatic rings. The highest BCUT2D eigenvalue weighted by molar-refractivity contribution is 5.66. The van der Waals surface area contributed by atoms with E-state index in [9.17, 15) is 9.90 Å². The van der Waals surface area contributed by atoms with Crippen LogP contribution in [0.3, 0.4) is 0 Å². The molecule has 3 nitrogen and oxygen atoms in total. The predicted octanol–water partition coefficient (Wildman–Crippen LogP) is 8.81. The molecule has 0 aromatic rings. The number of carboxylic acids is 1. The molecular formula is C27H54O3. The minimum absolute atomic E-state index is 0.0992. The van der Waals surface area contributed by atoms with Crippen LogP contribution in [0.25, 0.3) is 0 Å². The lowest BCUT2D eigenvalue weighted by Gasteiger charge is -2.10. The first kappa shape index (κ1) is 29.4. The van der Waals surface area contributed by atoms with E-state index in [0.717, 1.165) is 38.5 Å². The summed E-state index contributed by atoms with van der Waals surface area (Å²) in [7, 11) is 0. The molecule has 0 spiro atoms. The van der Waals surface area contributed by atoms with E-state index >= 15 is 0 Å². The minimum atomic E-state index is -0.678. The highest BCUT2D eigenvalue weighted by Crippen LogP contribution is 2.16. The summed E-state index contributed by atoms with van der Waals surface area (Å²) in [4.78, 5) is 10.4. The summed E-state index contributed by atoms with van der Waals surface area (Å²) in [5.74, 6) is -0.678. The Balaban J connectivity index is 3.15. The smallest absolute Gasteiger partial charge is 0.303 e. The van der Waals surface area contributed by atoms with Crippen molar-refractivity contribution in [3.63, 3.8) is 0 Å². The van der Waals surface area contributed by atoms with Crippen molar-refractivity contribution in [3.8, 4) is 0 Å². The zero-order valence-corrected chi connectivity index (χ0v) is 20.4. The summed E-state index contributed by atoms with van der Waals surface area (Å²) in [6.45, 7) is 2.28. The van der Waals surface area contributed by atoms with Gasteiger partial charge in [-0.3, -0.25) is 4.79 Å². The molecule has 0 heterocycles. The Morgan fingerprint density at radius 2 is 0.833 bits per heavy atom. The molecule has 0 radical (unpaired) electrons. The van der Waals surface area contributed by atoms with Crippen LogP contribution in [-0.4, -0.2) is 22.3 Å². The van der Waals surface area contributed by atoms with Crippen molar-refractivity contribution in [1.82, 2.24) is 0 Å². The van der Waals surface area contributed by atoms with E-state index in [4.69, 9.17) is 5.11 Å². The van der Waals surface area contributed by atoms with Gasteiger partial charge in [0.15, 0.2) is 0 Å². The molecule has 30 heavy (non-hydrogen) atoms. The van der Waals surface area contributed by atoms with Crippen molar-refractivity contribution in [2.24, 2.45) is 0 Å². The highest BCUT2D eigenvalue weighted by Gasteiger charge is 2.04. The van der Waals surface area contributed by atoms with E-state index in [1.54, 1.807) is 0 Å². The lowest BCUT2D eigenvalue weighted by atomic mass is 10.0. The normalized spacial score (nSPS) is 12.3. The van der Waals surface area contributed by atoms with Gasteiger partial charge in [0, 0.05) is 6.42 Å². The van der Waals surface area contributed by atoms with Gasteiger partial charge in [0.25, 0.3) is 0 Å². The number of unbranched alkanes of at least 4 members (excludes halogenated alkanes) is 19. The third kappa shape index (κ3) is 25.5. The van der Waals surface area contributed by atoms with Gasteiger partial charge in [0.05, 0.1) is 6.10 Å². The molecule has 0 aromatic heterocycles. The van der Waals surface area contributed by atoms with Crippen LogP contribution >= 0.6 is 0 Å². The maximum absolute atomic E-state index is 10.4. The second kappa shape index (κ2) is 24.7. The molecule has 1 atom stereocenters. The van der Waals surface area contributed by atoms with Crippen LogP contribution in [0.15, 0.2) is 0 Å². The van der Waals surface area contributed by atoms with Gasteiger partial charge < -0.3 is 10.2 Å². The van der Waals surface area contributed by atoms with Gasteiger partial charge in [-0.2, -0.15) is 0 Å². The predicted molar refractivity (Wildman–Crippen MR) is 130 cm³/mol. The number of carboxylic acid groups (broad SMARTS) is 1. The molecule has 0 rings (SSSR count). The van der Waals surface area contributed by atoms with Gasteiger partial charge in [-0.1, -0.05) is 135 Å². The van der Waals surface area contributed by atoms with Crippen molar-refractivity contribution in [3.05, 3.63) is 0 Å². The lowest BCUT2D eigenvalue weighted by molar-refractivity contribution is -0.137. The molecule has 0 saturated heterocycles. The molecule has 0 fully saturated rings. The quantitative estimate of drug-likeness (QED) is 0.143. The summed E-state index contributed by atoms with van der Waals surface area (Å²) >= 11 is 0. The van der Waals surface area contributed by atoms with E-state index in [1.165, 1.54) is 109 Å². The van der Waals surface area contributed by atoms with E-state index in [1.807, 2.05) is 0 Å². The van der Waals surface area contributed by atoms with Gasteiger partial charge in [-0.15, -0.1) is 0 Å². The SMILES string of the molecule is CCCCCCCCCCCCCCCCC(O)CCCCCCCCCC(=O)O. The molecule has 0 amide bonds. The van der Waals surface area contributed by atoms with Crippen LogP contribution in [0, 0.1) is 0 Å². The summed E-state index contributed by atoms with van der Waals surface area (Å²) < 4.78 is 0. The number of hydrogen-bond acceptors (Lipinski definition) is 2. The molecule has 1 unspecified atom stereocenters. The highest BCUT2D eigenvalue weighted by atomic mass is 16.4. The van der Waals surface area contributed by atoms with E-state index < -0.39 is 5.97 Å². The van der Waals surface area contributed by atoms with Crippen molar-refractivity contribution >= 4 is 5.97 Å². The van der Waals surface area contributed by atoms with Gasteiger partial charge in [-0.05, 0) is 19.3 Å². The summed E-state index contributed by atoms with van der Waals surface area (Å²) in [5, 5.41) is 18.7. The van der Waals surface area contributed by atoms with Crippen LogP contribution < -0.4 is 0 Å². The van der Waals surface area contributed by atoms with E-state index in [0.29, 0.717) is 6.42 Å². The Labute approximate surface area is 188 Å². The van der Waals surface area contributed by atoms with Gasteiger partial charge in [0.1, 0.15) is 0 Å². The molecule has 0 bridgehead atoms. The van der Waals surface area contributed by atoms with Crippen LogP contribution in [0.2, 0.25) is 0 Å². The third-order valence-corrected chi connectivity index (χ3v) is 6.32. The fourth-order valence-electron chi connectivity index (χ4n) is 4.26. The minimum Gasteiger partial charge on any atom is -0.481 e. The third-order valence-electron chi connectivity index (χ3n) is 6.32. The monoisotopic (exact) mass is 426 g/mol. The molecule has 0 aromatic carbocycles. The molecule has 3 heteroatoms. The Bertz CT molecular complexity index is 343. The topological polar surface area (TPSA) is 57.5 Å². The number of aliphatic hydroxyl groups is 1. The van der Waals surface area contributed by atoms with E-state index in [-0.39, 0.29) is 6.10 Å². The van der Waals surface area contributed by atoms with Crippen molar-refractivity contribution in [2.75, 3.05) is 0 Å². The number of rotatable bonds is 25.